The van der Waals surface area contributed by atoms with Gasteiger partial charge in [-0.2, -0.15) is 0 Å². The Balaban J connectivity index is 1.81. The van der Waals surface area contributed by atoms with Crippen LogP contribution < -0.4 is 10.2 Å². The van der Waals surface area contributed by atoms with Crippen LogP contribution in [-0.4, -0.2) is 36.6 Å². The van der Waals surface area contributed by atoms with E-state index in [1.54, 1.807) is 18.2 Å². The van der Waals surface area contributed by atoms with Crippen LogP contribution in [0.2, 0.25) is 0 Å². The maximum atomic E-state index is 12.4. The molecular formula is C15H18N2O3. The van der Waals surface area contributed by atoms with Gasteiger partial charge in [-0.15, -0.1) is 0 Å². The number of anilines is 1. The second-order valence-electron chi connectivity index (χ2n) is 5.53. The zero-order valence-electron chi connectivity index (χ0n) is 11.3. The van der Waals surface area contributed by atoms with E-state index < -0.39 is 5.97 Å². The normalized spacial score (nSPS) is 18.3. The maximum absolute atomic E-state index is 12.4. The molecule has 5 heteroatoms. The first-order valence-electron chi connectivity index (χ1n) is 7.02. The number of carboxylic acid groups (broad SMARTS) is 1. The zero-order chi connectivity index (χ0) is 14.1. The minimum atomic E-state index is -0.920. The highest BCUT2D eigenvalue weighted by Crippen LogP contribution is 2.29. The molecule has 1 aromatic rings. The largest absolute Gasteiger partial charge is 0.478 e. The molecule has 2 N–H and O–H groups in total. The number of rotatable bonds is 3. The Kier molecular flexibility index (Phi) is 3.44. The molecule has 0 radical (unpaired) electrons. The molecule has 2 aliphatic heterocycles. The molecule has 0 atom stereocenters. The average molecular weight is 274 g/mol. The highest BCUT2D eigenvalue weighted by atomic mass is 16.4. The highest BCUT2D eigenvalue weighted by molar-refractivity contribution is 5.96. The van der Waals surface area contributed by atoms with Crippen molar-refractivity contribution < 1.29 is 14.7 Å². The molecule has 0 aromatic heterocycles. The third-order valence-corrected chi connectivity index (χ3v) is 4.08. The van der Waals surface area contributed by atoms with Gasteiger partial charge < -0.3 is 15.3 Å². The van der Waals surface area contributed by atoms with E-state index >= 15 is 0 Å². The van der Waals surface area contributed by atoms with E-state index in [0.29, 0.717) is 17.9 Å². The Bertz CT molecular complexity index is 552. The van der Waals surface area contributed by atoms with E-state index in [9.17, 15) is 9.59 Å². The number of carboxylic acids is 1. The number of benzene rings is 1. The average Bonchev–Trinajstić information content (AvgIpc) is 2.41. The molecule has 1 aromatic carbocycles. The Morgan fingerprint density at radius 1 is 1.35 bits per heavy atom. The lowest BCUT2D eigenvalue weighted by Crippen LogP contribution is -2.46. The first-order valence-corrected chi connectivity index (χ1v) is 7.02. The van der Waals surface area contributed by atoms with E-state index in [0.717, 1.165) is 43.7 Å². The molecule has 0 bridgehead atoms. The van der Waals surface area contributed by atoms with Crippen molar-refractivity contribution in [1.82, 2.24) is 5.32 Å². The number of aryl methyl sites for hydroxylation is 1. The zero-order valence-corrected chi connectivity index (χ0v) is 11.3. The fourth-order valence-corrected chi connectivity index (χ4v) is 2.84. The van der Waals surface area contributed by atoms with Crippen LogP contribution in [0.25, 0.3) is 0 Å². The van der Waals surface area contributed by atoms with Crippen LogP contribution in [0.5, 0.6) is 0 Å². The van der Waals surface area contributed by atoms with Gasteiger partial charge in [-0.25, -0.2) is 4.79 Å². The summed E-state index contributed by atoms with van der Waals surface area (Å²) in [6.45, 7) is 2.58. The number of nitrogens with zero attached hydrogens (tertiary/aromatic N) is 1. The summed E-state index contributed by atoms with van der Waals surface area (Å²) in [5.41, 5.74) is 2.15. The molecule has 106 valence electrons. The van der Waals surface area contributed by atoms with Crippen LogP contribution in [0, 0.1) is 5.92 Å². The summed E-state index contributed by atoms with van der Waals surface area (Å²) < 4.78 is 0. The number of fused-ring (bicyclic) bond motifs is 1. The van der Waals surface area contributed by atoms with Crippen LogP contribution in [0.3, 0.4) is 0 Å². The van der Waals surface area contributed by atoms with Gasteiger partial charge in [-0.1, -0.05) is 0 Å². The molecule has 2 aliphatic rings. The van der Waals surface area contributed by atoms with Gasteiger partial charge in [0.15, 0.2) is 0 Å². The molecule has 1 fully saturated rings. The fourth-order valence-electron chi connectivity index (χ4n) is 2.84. The lowest BCUT2D eigenvalue weighted by molar-refractivity contribution is -0.119. The molecule has 0 saturated carbocycles. The lowest BCUT2D eigenvalue weighted by Gasteiger charge is -2.33. The molecule has 0 spiro atoms. The summed E-state index contributed by atoms with van der Waals surface area (Å²) in [6, 6.07) is 5.05. The fraction of sp³-hybridized carbons (Fsp3) is 0.467. The molecular weight excluding hydrogens is 256 g/mol. The van der Waals surface area contributed by atoms with Crippen LogP contribution in [-0.2, 0) is 11.2 Å². The van der Waals surface area contributed by atoms with Crippen molar-refractivity contribution in [3.63, 3.8) is 0 Å². The number of hydrogen-bond donors (Lipinski definition) is 2. The van der Waals surface area contributed by atoms with Crippen molar-refractivity contribution in [3.8, 4) is 0 Å². The number of carbonyl (C=O) groups is 2. The van der Waals surface area contributed by atoms with E-state index in [-0.39, 0.29) is 5.91 Å². The monoisotopic (exact) mass is 274 g/mol. The van der Waals surface area contributed by atoms with Gasteiger partial charge in [0.1, 0.15) is 0 Å². The van der Waals surface area contributed by atoms with Crippen molar-refractivity contribution >= 4 is 17.6 Å². The number of hydrogen-bond acceptors (Lipinski definition) is 3. The summed E-state index contributed by atoms with van der Waals surface area (Å²) in [5.74, 6) is -0.316. The summed E-state index contributed by atoms with van der Waals surface area (Å²) >= 11 is 0. The van der Waals surface area contributed by atoms with Gasteiger partial charge >= 0.3 is 5.97 Å². The topological polar surface area (TPSA) is 69.6 Å². The van der Waals surface area contributed by atoms with Gasteiger partial charge in [0.2, 0.25) is 5.91 Å². The van der Waals surface area contributed by atoms with Crippen molar-refractivity contribution in [2.45, 2.75) is 19.3 Å². The van der Waals surface area contributed by atoms with Gasteiger partial charge in [-0.3, -0.25) is 4.79 Å². The van der Waals surface area contributed by atoms with Crippen molar-refractivity contribution in [2.24, 2.45) is 5.92 Å². The van der Waals surface area contributed by atoms with Gasteiger partial charge in [0.05, 0.1) is 5.56 Å². The second kappa shape index (κ2) is 5.25. The van der Waals surface area contributed by atoms with Crippen molar-refractivity contribution in [3.05, 3.63) is 29.3 Å². The van der Waals surface area contributed by atoms with Crippen LogP contribution >= 0.6 is 0 Å². The summed E-state index contributed by atoms with van der Waals surface area (Å²) in [4.78, 5) is 25.2. The van der Waals surface area contributed by atoms with Crippen LogP contribution in [0.1, 0.15) is 28.8 Å². The standard InChI is InChI=1S/C15H18N2O3/c18-14(6-10-8-16-9-10)17-5-1-2-11-7-12(15(19)20)3-4-13(11)17/h3-4,7,10,16H,1-2,5-6,8-9H2,(H,19,20). The third kappa shape index (κ3) is 2.41. The Morgan fingerprint density at radius 2 is 2.15 bits per heavy atom. The number of aromatic carboxylic acids is 1. The molecule has 3 rings (SSSR count). The van der Waals surface area contributed by atoms with E-state index in [1.807, 2.05) is 4.90 Å². The van der Waals surface area contributed by atoms with Crippen LogP contribution in [0.4, 0.5) is 5.69 Å². The second-order valence-corrected chi connectivity index (χ2v) is 5.53. The molecule has 5 nitrogen and oxygen atoms in total. The Hall–Kier alpha value is -1.88. The maximum Gasteiger partial charge on any atom is 0.335 e. The van der Waals surface area contributed by atoms with Crippen molar-refractivity contribution in [1.29, 1.82) is 0 Å². The molecule has 20 heavy (non-hydrogen) atoms. The molecule has 1 amide bonds. The minimum absolute atomic E-state index is 0.153. The summed E-state index contributed by atoms with van der Waals surface area (Å²) in [6.07, 6.45) is 2.31. The summed E-state index contributed by atoms with van der Waals surface area (Å²) in [7, 11) is 0. The third-order valence-electron chi connectivity index (χ3n) is 4.08. The van der Waals surface area contributed by atoms with Crippen molar-refractivity contribution in [2.75, 3.05) is 24.5 Å². The number of nitrogens with one attached hydrogen (secondary N) is 1. The molecule has 1 saturated heterocycles. The van der Waals surface area contributed by atoms with Gasteiger partial charge in [0.25, 0.3) is 0 Å². The molecule has 2 heterocycles. The Morgan fingerprint density at radius 3 is 2.80 bits per heavy atom. The Labute approximate surface area is 117 Å². The van der Waals surface area contributed by atoms with Gasteiger partial charge in [0, 0.05) is 18.7 Å². The SMILES string of the molecule is O=C(O)c1ccc2c(c1)CCCN2C(=O)CC1CNC1. The first-order chi connectivity index (χ1) is 9.65. The van der Waals surface area contributed by atoms with Crippen LogP contribution in [0.15, 0.2) is 18.2 Å². The predicted molar refractivity (Wildman–Crippen MR) is 75.1 cm³/mol. The first kappa shape index (κ1) is 13.1. The molecule has 0 unspecified atom stereocenters. The minimum Gasteiger partial charge on any atom is -0.478 e. The van der Waals surface area contributed by atoms with E-state index in [4.69, 9.17) is 5.11 Å². The van der Waals surface area contributed by atoms with E-state index in [2.05, 4.69) is 5.32 Å². The highest BCUT2D eigenvalue weighted by Gasteiger charge is 2.27. The number of carbonyl (C=O) groups excluding carboxylic acids is 1. The lowest BCUT2D eigenvalue weighted by atomic mass is 9.95. The predicted octanol–water partition coefficient (Wildman–Crippen LogP) is 1.27. The quantitative estimate of drug-likeness (QED) is 0.871. The number of amides is 1. The smallest absolute Gasteiger partial charge is 0.335 e. The van der Waals surface area contributed by atoms with E-state index in [1.165, 1.54) is 0 Å². The molecule has 0 aliphatic carbocycles. The van der Waals surface area contributed by atoms with Gasteiger partial charge in [-0.05, 0) is 55.6 Å². The summed E-state index contributed by atoms with van der Waals surface area (Å²) in [5, 5.41) is 12.2.